The first kappa shape index (κ1) is 18.5. The van der Waals surface area contributed by atoms with Gasteiger partial charge in [-0.3, -0.25) is 0 Å². The molecule has 0 aliphatic heterocycles. The van der Waals surface area contributed by atoms with Crippen molar-refractivity contribution in [3.63, 3.8) is 0 Å². The molecular weight excluding hydrogens is 304 g/mol. The minimum atomic E-state index is -0.140. The van der Waals surface area contributed by atoms with E-state index in [0.29, 0.717) is 17.8 Å². The molecule has 0 saturated heterocycles. The van der Waals surface area contributed by atoms with Gasteiger partial charge in [-0.2, -0.15) is 0 Å². The van der Waals surface area contributed by atoms with Gasteiger partial charge in [-0.15, -0.1) is 0 Å². The third-order valence-corrected chi connectivity index (χ3v) is 6.09. The zero-order valence-corrected chi connectivity index (χ0v) is 16.0. The average molecular weight is 339 g/mol. The van der Waals surface area contributed by atoms with Crippen molar-refractivity contribution in [3.8, 4) is 0 Å². The second-order valence-corrected chi connectivity index (χ2v) is 8.15. The van der Waals surface area contributed by atoms with Crippen LogP contribution in [0.3, 0.4) is 0 Å². The van der Waals surface area contributed by atoms with E-state index in [1.807, 2.05) is 0 Å². The molecule has 3 rings (SSSR count). The van der Waals surface area contributed by atoms with Crippen LogP contribution in [-0.4, -0.2) is 11.2 Å². The lowest BCUT2D eigenvalue weighted by Crippen LogP contribution is -2.17. The van der Waals surface area contributed by atoms with Crippen LogP contribution >= 0.6 is 0 Å². The van der Waals surface area contributed by atoms with E-state index in [0.717, 1.165) is 19.3 Å². The minimum absolute atomic E-state index is 0.140. The molecule has 136 valence electrons. The molecule has 25 heavy (non-hydrogen) atoms. The lowest BCUT2D eigenvalue weighted by atomic mass is 9.88. The van der Waals surface area contributed by atoms with Gasteiger partial charge < -0.3 is 5.11 Å². The fraction of sp³-hybridized carbons (Fsp3) is 0.583. The maximum absolute atomic E-state index is 10.5. The monoisotopic (exact) mass is 338 g/mol. The topological polar surface area (TPSA) is 20.2 Å². The zero-order chi connectivity index (χ0) is 17.6. The Hall–Kier alpha value is -1.34. The van der Waals surface area contributed by atoms with Crippen molar-refractivity contribution < 1.29 is 5.11 Å². The van der Waals surface area contributed by atoms with E-state index in [4.69, 9.17) is 0 Å². The summed E-state index contributed by atoms with van der Waals surface area (Å²) in [7, 11) is 0. The van der Waals surface area contributed by atoms with Crippen LogP contribution in [0.15, 0.2) is 48.1 Å². The predicted octanol–water partition coefficient (Wildman–Crippen LogP) is 6.01. The van der Waals surface area contributed by atoms with Crippen LogP contribution in [-0.2, 0) is 6.42 Å². The number of hydrogen-bond donors (Lipinski definition) is 1. The minimum Gasteiger partial charge on any atom is -0.392 e. The van der Waals surface area contributed by atoms with Gasteiger partial charge in [-0.05, 0) is 62.8 Å². The number of aliphatic hydroxyl groups is 1. The van der Waals surface area contributed by atoms with Gasteiger partial charge in [0, 0.05) is 5.92 Å². The quantitative estimate of drug-likeness (QED) is 0.455. The summed E-state index contributed by atoms with van der Waals surface area (Å²) in [5, 5.41) is 10.5. The third kappa shape index (κ3) is 4.85. The Balaban J connectivity index is 1.49. The highest BCUT2D eigenvalue weighted by molar-refractivity contribution is 5.23. The Morgan fingerprint density at radius 1 is 1.20 bits per heavy atom. The largest absolute Gasteiger partial charge is 0.392 e. The van der Waals surface area contributed by atoms with Gasteiger partial charge in [0.1, 0.15) is 0 Å². The molecule has 4 atom stereocenters. The summed E-state index contributed by atoms with van der Waals surface area (Å²) in [6.07, 6.45) is 16.6. The fourth-order valence-electron chi connectivity index (χ4n) is 4.76. The molecule has 1 nitrogen and oxygen atoms in total. The number of unbranched alkanes of at least 4 members (excludes halogenated alkanes) is 2. The Kier molecular flexibility index (Phi) is 6.53. The van der Waals surface area contributed by atoms with E-state index in [-0.39, 0.29) is 6.10 Å². The highest BCUT2D eigenvalue weighted by atomic mass is 16.3. The highest BCUT2D eigenvalue weighted by Crippen LogP contribution is 2.48. The second-order valence-electron chi connectivity index (χ2n) is 8.15. The normalized spacial score (nSPS) is 28.5. The van der Waals surface area contributed by atoms with Crippen LogP contribution in [0.4, 0.5) is 0 Å². The molecule has 0 heterocycles. The number of fused-ring (bicyclic) bond motifs is 1. The Bertz CT molecular complexity index is 612. The maximum atomic E-state index is 10.5. The average Bonchev–Trinajstić information content (AvgIpc) is 3.09. The van der Waals surface area contributed by atoms with Crippen LogP contribution in [0.25, 0.3) is 0 Å². The van der Waals surface area contributed by atoms with Crippen molar-refractivity contribution in [2.75, 3.05) is 0 Å². The van der Waals surface area contributed by atoms with E-state index >= 15 is 0 Å². The molecule has 1 aromatic carbocycles. The smallest absolute Gasteiger partial charge is 0.0611 e. The molecule has 0 aromatic heterocycles. The molecule has 0 amide bonds. The molecule has 1 N–H and O–H groups in total. The summed E-state index contributed by atoms with van der Waals surface area (Å²) >= 11 is 0. The van der Waals surface area contributed by atoms with Gasteiger partial charge in [0.2, 0.25) is 0 Å². The van der Waals surface area contributed by atoms with Crippen LogP contribution in [0.2, 0.25) is 0 Å². The second kappa shape index (κ2) is 8.85. The zero-order valence-electron chi connectivity index (χ0n) is 16.0. The molecule has 0 bridgehead atoms. The Labute approximate surface area is 153 Å². The number of hydrogen-bond acceptors (Lipinski definition) is 1. The SMILES string of the molecule is CCCCCC1=CC2CC(O)C(/C=C/CCc3cccc(C)c3)C2C1. The molecule has 1 aromatic rings. The molecule has 1 saturated carbocycles. The molecule has 2 aliphatic rings. The van der Waals surface area contributed by atoms with Crippen molar-refractivity contribution in [1.29, 1.82) is 0 Å². The van der Waals surface area contributed by atoms with E-state index in [9.17, 15) is 5.11 Å². The molecule has 1 fully saturated rings. The van der Waals surface area contributed by atoms with Gasteiger partial charge in [-0.25, -0.2) is 0 Å². The van der Waals surface area contributed by atoms with Crippen molar-refractivity contribution in [3.05, 3.63) is 59.2 Å². The number of aliphatic hydroxyl groups excluding tert-OH is 1. The van der Waals surface area contributed by atoms with Crippen LogP contribution in [0.1, 0.15) is 63.0 Å². The van der Waals surface area contributed by atoms with Crippen LogP contribution in [0, 0.1) is 24.7 Å². The van der Waals surface area contributed by atoms with Gasteiger partial charge >= 0.3 is 0 Å². The number of aryl methyl sites for hydroxylation is 2. The van der Waals surface area contributed by atoms with Crippen LogP contribution in [0.5, 0.6) is 0 Å². The van der Waals surface area contributed by atoms with Crippen molar-refractivity contribution in [2.24, 2.45) is 17.8 Å². The third-order valence-electron chi connectivity index (χ3n) is 6.09. The molecule has 0 radical (unpaired) electrons. The first-order valence-electron chi connectivity index (χ1n) is 10.3. The van der Waals surface area contributed by atoms with Gasteiger partial charge in [-0.1, -0.05) is 73.4 Å². The van der Waals surface area contributed by atoms with Gasteiger partial charge in [0.15, 0.2) is 0 Å². The number of benzene rings is 1. The summed E-state index contributed by atoms with van der Waals surface area (Å²) < 4.78 is 0. The van der Waals surface area contributed by atoms with E-state index < -0.39 is 0 Å². The molecule has 0 spiro atoms. The lowest BCUT2D eigenvalue weighted by molar-refractivity contribution is 0.141. The predicted molar refractivity (Wildman–Crippen MR) is 107 cm³/mol. The van der Waals surface area contributed by atoms with E-state index in [2.05, 4.69) is 56.3 Å². The summed E-state index contributed by atoms with van der Waals surface area (Å²) in [5.41, 5.74) is 4.41. The van der Waals surface area contributed by atoms with Gasteiger partial charge in [0.05, 0.1) is 6.10 Å². The van der Waals surface area contributed by atoms with E-state index in [1.165, 1.54) is 43.2 Å². The fourth-order valence-corrected chi connectivity index (χ4v) is 4.76. The van der Waals surface area contributed by atoms with Gasteiger partial charge in [0.25, 0.3) is 0 Å². The van der Waals surface area contributed by atoms with Crippen molar-refractivity contribution in [1.82, 2.24) is 0 Å². The van der Waals surface area contributed by atoms with E-state index in [1.54, 1.807) is 5.57 Å². The highest BCUT2D eigenvalue weighted by Gasteiger charge is 2.42. The first-order chi connectivity index (χ1) is 12.2. The summed E-state index contributed by atoms with van der Waals surface area (Å²) in [6, 6.07) is 8.78. The molecule has 2 aliphatic carbocycles. The maximum Gasteiger partial charge on any atom is 0.0611 e. The Morgan fingerprint density at radius 3 is 2.88 bits per heavy atom. The standard InChI is InChI=1S/C24H34O/c1-3-4-5-11-20-15-21-17-24(25)22(23(21)16-20)13-7-6-10-19-12-8-9-18(2)14-19/h7-9,12-15,21-25H,3-6,10-11,16-17H2,1-2H3/b13-7+. The Morgan fingerprint density at radius 2 is 2.08 bits per heavy atom. The lowest BCUT2D eigenvalue weighted by Gasteiger charge is -2.18. The summed E-state index contributed by atoms with van der Waals surface area (Å²) in [6.45, 7) is 4.42. The number of rotatable bonds is 8. The van der Waals surface area contributed by atoms with Crippen molar-refractivity contribution >= 4 is 0 Å². The molecule has 1 heteroatoms. The first-order valence-corrected chi connectivity index (χ1v) is 10.3. The van der Waals surface area contributed by atoms with Crippen molar-refractivity contribution in [2.45, 2.75) is 71.3 Å². The summed E-state index contributed by atoms with van der Waals surface area (Å²) in [4.78, 5) is 0. The molecular formula is C24H34O. The molecule has 4 unspecified atom stereocenters. The number of allylic oxidation sites excluding steroid dienone is 3. The van der Waals surface area contributed by atoms with Crippen LogP contribution < -0.4 is 0 Å². The summed E-state index contributed by atoms with van der Waals surface area (Å²) in [5.74, 6) is 1.64.